The molecule has 24 heavy (non-hydrogen) atoms. The Kier molecular flexibility index (Phi) is 4.56. The second kappa shape index (κ2) is 6.36. The number of aromatic hydroxyl groups is 1. The minimum atomic E-state index is 0.268. The van der Waals surface area contributed by atoms with Crippen LogP contribution in [0.3, 0.4) is 0 Å². The van der Waals surface area contributed by atoms with Crippen LogP contribution in [0.15, 0.2) is 17.5 Å². The maximum atomic E-state index is 12.7. The first kappa shape index (κ1) is 17.2. The Labute approximate surface area is 148 Å². The van der Waals surface area contributed by atoms with Crippen molar-refractivity contribution in [1.29, 1.82) is 0 Å². The molecule has 0 atom stereocenters. The lowest BCUT2D eigenvalue weighted by molar-refractivity contribution is 0.0985. The molecule has 128 valence electrons. The molecule has 0 unspecified atom stereocenters. The van der Waals surface area contributed by atoms with Gasteiger partial charge in [-0.3, -0.25) is 4.79 Å². The summed E-state index contributed by atoms with van der Waals surface area (Å²) >= 11 is 1.63. The second-order valence-corrected chi connectivity index (χ2v) is 8.79. The molecule has 0 saturated heterocycles. The van der Waals surface area contributed by atoms with Crippen LogP contribution in [0.2, 0.25) is 0 Å². The van der Waals surface area contributed by atoms with Crippen molar-refractivity contribution in [2.75, 3.05) is 0 Å². The van der Waals surface area contributed by atoms with Gasteiger partial charge in [0.2, 0.25) is 0 Å². The molecule has 1 aromatic heterocycles. The Balaban J connectivity index is 1.72. The number of phenols is 1. The van der Waals surface area contributed by atoms with Crippen LogP contribution < -0.4 is 0 Å². The number of carbonyl (C=O) groups is 1. The smallest absolute Gasteiger partial charge is 0.173 e. The number of aryl methyl sites for hydroxylation is 3. The lowest BCUT2D eigenvalue weighted by atomic mass is 9.75. The van der Waals surface area contributed by atoms with Crippen molar-refractivity contribution >= 4 is 17.1 Å². The second-order valence-electron chi connectivity index (χ2n) is 7.91. The molecule has 0 aliphatic heterocycles. The average Bonchev–Trinajstić information content (AvgIpc) is 2.91. The van der Waals surface area contributed by atoms with Crippen LogP contribution in [0.5, 0.6) is 5.75 Å². The van der Waals surface area contributed by atoms with Crippen molar-refractivity contribution < 1.29 is 9.90 Å². The molecular weight excluding hydrogens is 316 g/mol. The predicted octanol–water partition coefficient (Wildman–Crippen LogP) is 5.40. The number of fused-ring (bicyclic) bond motifs is 1. The number of carbonyl (C=O) groups excluding carboxylic acids is 1. The molecule has 3 rings (SSSR count). The highest BCUT2D eigenvalue weighted by atomic mass is 32.1. The highest BCUT2D eigenvalue weighted by Crippen LogP contribution is 2.39. The number of benzene rings is 1. The normalized spacial score (nSPS) is 16.0. The number of ketones is 1. The molecule has 1 N–H and O–H groups in total. The molecule has 1 aliphatic rings. The van der Waals surface area contributed by atoms with Crippen LogP contribution in [0.25, 0.3) is 0 Å². The van der Waals surface area contributed by atoms with Gasteiger partial charge in [0.15, 0.2) is 5.78 Å². The standard InChI is InChI=1S/C21H26O2S/c1-13-9-15(10-14(2)19(13)23)5-6-18(22)20-17-7-8-21(3,4)11-16(17)12-24-20/h9-10,12,23H,5-8,11H2,1-4H3. The van der Waals surface area contributed by atoms with Gasteiger partial charge in [-0.25, -0.2) is 0 Å². The molecule has 0 fully saturated rings. The third-order valence-electron chi connectivity index (χ3n) is 5.15. The van der Waals surface area contributed by atoms with E-state index < -0.39 is 0 Å². The Hall–Kier alpha value is -1.61. The summed E-state index contributed by atoms with van der Waals surface area (Å²) in [6.45, 7) is 8.44. The predicted molar refractivity (Wildman–Crippen MR) is 100 cm³/mol. The van der Waals surface area contributed by atoms with E-state index in [1.807, 2.05) is 26.0 Å². The summed E-state index contributed by atoms with van der Waals surface area (Å²) in [6.07, 6.45) is 4.55. The van der Waals surface area contributed by atoms with Gasteiger partial charge in [0.05, 0.1) is 4.88 Å². The van der Waals surface area contributed by atoms with Gasteiger partial charge in [0, 0.05) is 6.42 Å². The summed E-state index contributed by atoms with van der Waals surface area (Å²) in [5, 5.41) is 12.1. The first-order valence-corrected chi connectivity index (χ1v) is 9.56. The third-order valence-corrected chi connectivity index (χ3v) is 6.26. The molecule has 1 aliphatic carbocycles. The van der Waals surface area contributed by atoms with Gasteiger partial charge in [0.25, 0.3) is 0 Å². The van der Waals surface area contributed by atoms with Gasteiger partial charge in [-0.1, -0.05) is 26.0 Å². The van der Waals surface area contributed by atoms with E-state index >= 15 is 0 Å². The van der Waals surface area contributed by atoms with Gasteiger partial charge < -0.3 is 5.11 Å². The number of hydrogen-bond donors (Lipinski definition) is 1. The maximum absolute atomic E-state index is 12.7. The van der Waals surface area contributed by atoms with Crippen LogP contribution in [0, 0.1) is 19.3 Å². The Morgan fingerprint density at radius 2 is 1.92 bits per heavy atom. The van der Waals surface area contributed by atoms with E-state index in [4.69, 9.17) is 0 Å². The van der Waals surface area contributed by atoms with Crippen LogP contribution >= 0.6 is 11.3 Å². The molecule has 0 bridgehead atoms. The molecule has 2 nitrogen and oxygen atoms in total. The average molecular weight is 343 g/mol. The fourth-order valence-corrected chi connectivity index (χ4v) is 4.80. The van der Waals surface area contributed by atoms with Crippen molar-refractivity contribution in [3.8, 4) is 5.75 Å². The highest BCUT2D eigenvalue weighted by Gasteiger charge is 2.29. The highest BCUT2D eigenvalue weighted by molar-refractivity contribution is 7.12. The van der Waals surface area contributed by atoms with Crippen LogP contribution in [-0.2, 0) is 19.3 Å². The number of thiophene rings is 1. The summed E-state index contributed by atoms with van der Waals surface area (Å²) in [7, 11) is 0. The minimum Gasteiger partial charge on any atom is -0.507 e. The van der Waals surface area contributed by atoms with Crippen LogP contribution in [0.4, 0.5) is 0 Å². The summed E-state index contributed by atoms with van der Waals surface area (Å²) in [5.41, 5.74) is 5.94. The van der Waals surface area contributed by atoms with Gasteiger partial charge in [0.1, 0.15) is 5.75 Å². The van der Waals surface area contributed by atoms with Gasteiger partial charge >= 0.3 is 0 Å². The lowest BCUT2D eigenvalue weighted by Crippen LogP contribution is -2.22. The van der Waals surface area contributed by atoms with Crippen molar-refractivity contribution in [2.24, 2.45) is 5.41 Å². The Morgan fingerprint density at radius 3 is 2.58 bits per heavy atom. The summed E-state index contributed by atoms with van der Waals surface area (Å²) in [4.78, 5) is 13.7. The van der Waals surface area contributed by atoms with Crippen molar-refractivity contribution in [3.05, 3.63) is 50.2 Å². The first-order valence-electron chi connectivity index (χ1n) is 8.68. The molecule has 0 amide bonds. The zero-order valence-corrected chi connectivity index (χ0v) is 15.8. The largest absolute Gasteiger partial charge is 0.507 e. The van der Waals surface area contributed by atoms with E-state index in [1.165, 1.54) is 11.1 Å². The van der Waals surface area contributed by atoms with Gasteiger partial charge in [-0.2, -0.15) is 0 Å². The first-order chi connectivity index (χ1) is 11.3. The maximum Gasteiger partial charge on any atom is 0.173 e. The van der Waals surface area contributed by atoms with Gasteiger partial charge in [-0.05, 0) is 78.1 Å². The van der Waals surface area contributed by atoms with E-state index in [9.17, 15) is 9.90 Å². The van der Waals surface area contributed by atoms with Crippen molar-refractivity contribution in [3.63, 3.8) is 0 Å². The molecule has 0 spiro atoms. The van der Waals surface area contributed by atoms with E-state index in [0.29, 0.717) is 17.6 Å². The summed E-state index contributed by atoms with van der Waals surface area (Å²) in [6, 6.07) is 3.98. The van der Waals surface area contributed by atoms with Gasteiger partial charge in [-0.15, -0.1) is 11.3 Å². The monoisotopic (exact) mass is 342 g/mol. The molecule has 1 aromatic carbocycles. The van der Waals surface area contributed by atoms with Crippen LogP contribution in [-0.4, -0.2) is 10.9 Å². The van der Waals surface area contributed by atoms with Crippen molar-refractivity contribution in [2.45, 2.75) is 59.8 Å². The molecular formula is C21H26O2S. The number of phenolic OH excluding ortho intramolecular Hbond substituents is 1. The Morgan fingerprint density at radius 1 is 1.25 bits per heavy atom. The molecule has 2 aromatic rings. The van der Waals surface area contributed by atoms with E-state index in [2.05, 4.69) is 19.2 Å². The summed E-state index contributed by atoms with van der Waals surface area (Å²) < 4.78 is 0. The van der Waals surface area contributed by atoms with E-state index in [-0.39, 0.29) is 5.78 Å². The fourth-order valence-electron chi connectivity index (χ4n) is 3.70. The number of hydrogen-bond acceptors (Lipinski definition) is 3. The molecule has 1 heterocycles. The molecule has 3 heteroatoms. The molecule has 0 saturated carbocycles. The lowest BCUT2D eigenvalue weighted by Gasteiger charge is -2.29. The topological polar surface area (TPSA) is 37.3 Å². The number of Topliss-reactive ketones (excluding diaryl/α,β-unsaturated/α-hetero) is 1. The van der Waals surface area contributed by atoms with E-state index in [0.717, 1.165) is 47.3 Å². The van der Waals surface area contributed by atoms with Crippen molar-refractivity contribution in [1.82, 2.24) is 0 Å². The zero-order chi connectivity index (χ0) is 17.5. The zero-order valence-electron chi connectivity index (χ0n) is 15.0. The molecule has 0 radical (unpaired) electrons. The fraction of sp³-hybridized carbons (Fsp3) is 0.476. The Bertz CT molecular complexity index is 760. The summed E-state index contributed by atoms with van der Waals surface area (Å²) in [5.74, 6) is 0.629. The quantitative estimate of drug-likeness (QED) is 0.755. The van der Waals surface area contributed by atoms with Crippen LogP contribution in [0.1, 0.15) is 64.2 Å². The number of rotatable bonds is 4. The minimum absolute atomic E-state index is 0.268. The third kappa shape index (κ3) is 3.41. The SMILES string of the molecule is Cc1cc(CCC(=O)c2scc3c2CCC(C)(C)C3)cc(C)c1O. The van der Waals surface area contributed by atoms with E-state index in [1.54, 1.807) is 11.3 Å².